The molecule has 5 nitrogen and oxygen atoms in total. The molecule has 5 heteroatoms. The number of aromatic nitrogens is 2. The maximum Gasteiger partial charge on any atom is 0.220 e. The monoisotopic (exact) mass is 324 g/mol. The van der Waals surface area contributed by atoms with Gasteiger partial charge in [0, 0.05) is 31.3 Å². The molecule has 1 aromatic carbocycles. The molecule has 1 amide bonds. The Labute approximate surface area is 143 Å². The Kier molecular flexibility index (Phi) is 5.41. The zero-order valence-electron chi connectivity index (χ0n) is 14.2. The van der Waals surface area contributed by atoms with Crippen LogP contribution in [0.5, 0.6) is 0 Å². The second kappa shape index (κ2) is 7.90. The first-order valence-electron chi connectivity index (χ1n) is 8.61. The first-order valence-corrected chi connectivity index (χ1v) is 8.61. The summed E-state index contributed by atoms with van der Waals surface area (Å²) in [7, 11) is 0. The molecule has 1 saturated heterocycles. The third kappa shape index (κ3) is 4.54. The van der Waals surface area contributed by atoms with Crippen molar-refractivity contribution >= 4 is 11.7 Å². The van der Waals surface area contributed by atoms with Crippen molar-refractivity contribution in [2.45, 2.75) is 39.2 Å². The second-order valence-electron chi connectivity index (χ2n) is 6.24. The molecule has 2 heterocycles. The van der Waals surface area contributed by atoms with Gasteiger partial charge in [-0.3, -0.25) is 4.79 Å². The van der Waals surface area contributed by atoms with Crippen molar-refractivity contribution in [3.8, 4) is 0 Å². The Morgan fingerprint density at radius 2 is 1.92 bits per heavy atom. The van der Waals surface area contributed by atoms with E-state index >= 15 is 0 Å². The molecule has 0 atom stereocenters. The average Bonchev–Trinajstić information content (AvgIpc) is 3.13. The van der Waals surface area contributed by atoms with E-state index in [0.717, 1.165) is 31.0 Å². The highest BCUT2D eigenvalue weighted by Crippen LogP contribution is 2.18. The zero-order valence-corrected chi connectivity index (χ0v) is 14.2. The first kappa shape index (κ1) is 16.4. The molecule has 0 radical (unpaired) electrons. The van der Waals surface area contributed by atoms with Crippen LogP contribution in [0.3, 0.4) is 0 Å². The van der Waals surface area contributed by atoms with E-state index in [1.165, 1.54) is 18.4 Å². The van der Waals surface area contributed by atoms with E-state index in [4.69, 9.17) is 0 Å². The van der Waals surface area contributed by atoms with E-state index in [-0.39, 0.29) is 5.91 Å². The summed E-state index contributed by atoms with van der Waals surface area (Å²) in [5, 5.41) is 2.93. The molecule has 3 rings (SSSR count). The van der Waals surface area contributed by atoms with Crippen LogP contribution in [0.15, 0.2) is 36.4 Å². The summed E-state index contributed by atoms with van der Waals surface area (Å²) >= 11 is 0. The number of nitrogens with one attached hydrogen (secondary N) is 1. The van der Waals surface area contributed by atoms with Crippen molar-refractivity contribution < 1.29 is 4.79 Å². The van der Waals surface area contributed by atoms with Crippen LogP contribution in [0.25, 0.3) is 0 Å². The van der Waals surface area contributed by atoms with Gasteiger partial charge in [-0.2, -0.15) is 0 Å². The van der Waals surface area contributed by atoms with Crippen LogP contribution in [0.4, 0.5) is 5.82 Å². The molecule has 0 spiro atoms. The lowest BCUT2D eigenvalue weighted by Gasteiger charge is -2.17. The molecule has 1 aliphatic heterocycles. The minimum absolute atomic E-state index is 0.0340. The largest absolute Gasteiger partial charge is 0.357 e. The summed E-state index contributed by atoms with van der Waals surface area (Å²) in [5.41, 5.74) is 2.12. The van der Waals surface area contributed by atoms with Crippen LogP contribution in [0.1, 0.15) is 36.3 Å². The fraction of sp³-hybridized carbons (Fsp3) is 0.421. The van der Waals surface area contributed by atoms with Crippen molar-refractivity contribution in [2.24, 2.45) is 0 Å². The van der Waals surface area contributed by atoms with Crippen molar-refractivity contribution in [1.82, 2.24) is 15.3 Å². The fourth-order valence-electron chi connectivity index (χ4n) is 2.97. The summed E-state index contributed by atoms with van der Waals surface area (Å²) in [6.07, 6.45) is 3.67. The number of benzene rings is 1. The molecule has 1 fully saturated rings. The molecule has 0 aliphatic carbocycles. The molecule has 1 aliphatic rings. The van der Waals surface area contributed by atoms with E-state index < -0.39 is 0 Å². The number of carbonyl (C=O) groups excluding carboxylic acids is 1. The molecular weight excluding hydrogens is 300 g/mol. The van der Waals surface area contributed by atoms with Crippen LogP contribution in [-0.4, -0.2) is 29.0 Å². The van der Waals surface area contributed by atoms with Gasteiger partial charge >= 0.3 is 0 Å². The molecule has 0 bridgehead atoms. The topological polar surface area (TPSA) is 58.1 Å². The van der Waals surface area contributed by atoms with Gasteiger partial charge in [-0.05, 0) is 31.7 Å². The summed E-state index contributed by atoms with van der Waals surface area (Å²) in [4.78, 5) is 23.4. The third-order valence-corrected chi connectivity index (χ3v) is 4.24. The number of rotatable bonds is 6. The number of amides is 1. The molecule has 0 unspecified atom stereocenters. The minimum Gasteiger partial charge on any atom is -0.357 e. The zero-order chi connectivity index (χ0) is 16.8. The first-order chi connectivity index (χ1) is 11.7. The van der Waals surface area contributed by atoms with E-state index in [2.05, 4.69) is 20.2 Å². The third-order valence-electron chi connectivity index (χ3n) is 4.24. The maximum absolute atomic E-state index is 12.0. The number of nitrogens with zero attached hydrogens (tertiary/aromatic N) is 3. The minimum atomic E-state index is 0.0340. The summed E-state index contributed by atoms with van der Waals surface area (Å²) in [5.74, 6) is 1.70. The Bertz CT molecular complexity index is 681. The van der Waals surface area contributed by atoms with Gasteiger partial charge in [0.15, 0.2) is 0 Å². The van der Waals surface area contributed by atoms with Crippen LogP contribution in [0, 0.1) is 6.92 Å². The standard InChI is InChI=1S/C19H24N4O/c1-15-13-18(23-11-5-6-12-23)22-17(21-15)14-20-19(24)10-9-16-7-3-2-4-8-16/h2-4,7-8,13H,5-6,9-12,14H2,1H3,(H,20,24). The van der Waals surface area contributed by atoms with Crippen LogP contribution in [-0.2, 0) is 17.8 Å². The van der Waals surface area contributed by atoms with Crippen LogP contribution >= 0.6 is 0 Å². The fourth-order valence-corrected chi connectivity index (χ4v) is 2.97. The number of anilines is 1. The number of aryl methyl sites for hydroxylation is 2. The summed E-state index contributed by atoms with van der Waals surface area (Å²) in [6, 6.07) is 12.1. The Balaban J connectivity index is 1.53. The van der Waals surface area contributed by atoms with E-state index in [0.29, 0.717) is 18.8 Å². The highest BCUT2D eigenvalue weighted by Gasteiger charge is 2.15. The smallest absolute Gasteiger partial charge is 0.220 e. The van der Waals surface area contributed by atoms with Gasteiger partial charge in [-0.25, -0.2) is 9.97 Å². The predicted molar refractivity (Wildman–Crippen MR) is 94.8 cm³/mol. The van der Waals surface area contributed by atoms with Crippen molar-refractivity contribution in [3.05, 3.63) is 53.5 Å². The summed E-state index contributed by atoms with van der Waals surface area (Å²) in [6.45, 7) is 4.47. The normalized spacial score (nSPS) is 14.0. The van der Waals surface area contributed by atoms with E-state index in [9.17, 15) is 4.79 Å². The van der Waals surface area contributed by atoms with Crippen LogP contribution in [0.2, 0.25) is 0 Å². The number of hydrogen-bond donors (Lipinski definition) is 1. The molecule has 126 valence electrons. The molecular formula is C19H24N4O. The predicted octanol–water partition coefficient (Wildman–Crippen LogP) is 2.63. The Morgan fingerprint density at radius 3 is 2.67 bits per heavy atom. The van der Waals surface area contributed by atoms with Crippen molar-refractivity contribution in [3.63, 3.8) is 0 Å². The molecule has 24 heavy (non-hydrogen) atoms. The van der Waals surface area contributed by atoms with Crippen molar-refractivity contribution in [2.75, 3.05) is 18.0 Å². The highest BCUT2D eigenvalue weighted by molar-refractivity contribution is 5.76. The van der Waals surface area contributed by atoms with Gasteiger partial charge in [0.1, 0.15) is 11.6 Å². The summed E-state index contributed by atoms with van der Waals surface area (Å²) < 4.78 is 0. The van der Waals surface area contributed by atoms with E-state index in [1.807, 2.05) is 43.3 Å². The maximum atomic E-state index is 12.0. The molecule has 0 saturated carbocycles. The number of hydrogen-bond acceptors (Lipinski definition) is 4. The van der Waals surface area contributed by atoms with Gasteiger partial charge in [-0.1, -0.05) is 30.3 Å². The lowest BCUT2D eigenvalue weighted by molar-refractivity contribution is -0.121. The highest BCUT2D eigenvalue weighted by atomic mass is 16.1. The SMILES string of the molecule is Cc1cc(N2CCCC2)nc(CNC(=O)CCc2ccccc2)n1. The van der Waals surface area contributed by atoms with Gasteiger partial charge in [0.2, 0.25) is 5.91 Å². The quantitative estimate of drug-likeness (QED) is 0.887. The molecule has 2 aromatic rings. The van der Waals surface area contributed by atoms with Crippen LogP contribution < -0.4 is 10.2 Å². The van der Waals surface area contributed by atoms with Crippen molar-refractivity contribution in [1.29, 1.82) is 0 Å². The molecule has 1 aromatic heterocycles. The Morgan fingerprint density at radius 1 is 1.17 bits per heavy atom. The van der Waals surface area contributed by atoms with Gasteiger partial charge in [0.05, 0.1) is 6.54 Å². The lowest BCUT2D eigenvalue weighted by atomic mass is 10.1. The van der Waals surface area contributed by atoms with E-state index in [1.54, 1.807) is 0 Å². The number of carbonyl (C=O) groups is 1. The lowest BCUT2D eigenvalue weighted by Crippen LogP contribution is -2.25. The second-order valence-corrected chi connectivity index (χ2v) is 6.24. The molecule has 1 N–H and O–H groups in total. The average molecular weight is 324 g/mol. The van der Waals surface area contributed by atoms with Gasteiger partial charge < -0.3 is 10.2 Å². The van der Waals surface area contributed by atoms with Gasteiger partial charge in [-0.15, -0.1) is 0 Å². The Hall–Kier alpha value is -2.43. The van der Waals surface area contributed by atoms with Gasteiger partial charge in [0.25, 0.3) is 0 Å².